The topological polar surface area (TPSA) is 67.6 Å². The second-order valence-corrected chi connectivity index (χ2v) is 9.11. The van der Waals surface area contributed by atoms with Gasteiger partial charge in [0.15, 0.2) is 5.89 Å². The Hall–Kier alpha value is -1.40. The fourth-order valence-electron chi connectivity index (χ4n) is 6.26. The number of fused-ring (bicyclic) bond motifs is 1. The third-order valence-corrected chi connectivity index (χ3v) is 7.51. The minimum atomic E-state index is -0.146. The van der Waals surface area contributed by atoms with Crippen LogP contribution in [0.2, 0.25) is 0 Å². The Balaban J connectivity index is 1.25. The highest BCUT2D eigenvalue weighted by Gasteiger charge is 2.63. The van der Waals surface area contributed by atoms with Gasteiger partial charge in [-0.1, -0.05) is 19.3 Å². The number of nitrogens with one attached hydrogen (secondary N) is 1. The van der Waals surface area contributed by atoms with Crippen molar-refractivity contribution in [2.75, 3.05) is 19.6 Å². The maximum Gasteiger partial charge on any atom is 0.289 e. The van der Waals surface area contributed by atoms with E-state index in [-0.39, 0.29) is 11.5 Å². The summed E-state index contributed by atoms with van der Waals surface area (Å²) in [7, 11) is 0. The minimum absolute atomic E-state index is 0.0518. The summed E-state index contributed by atoms with van der Waals surface area (Å²) in [6.45, 7) is 6.51. The van der Waals surface area contributed by atoms with E-state index in [1.54, 1.807) is 6.92 Å². The number of hydrogen-bond donors (Lipinski definition) is 1. The molecule has 6 heteroatoms. The first kappa shape index (κ1) is 17.7. The van der Waals surface area contributed by atoms with Crippen LogP contribution in [0, 0.1) is 25.7 Å². The van der Waals surface area contributed by atoms with Crippen LogP contribution < -0.4 is 5.32 Å². The number of aryl methyl sites for hydroxylation is 2. The lowest BCUT2D eigenvalue weighted by Crippen LogP contribution is -2.42. The average Bonchev–Trinajstić information content (AvgIpc) is 3.39. The van der Waals surface area contributed by atoms with Crippen molar-refractivity contribution in [3.8, 4) is 0 Å². The molecule has 5 rings (SSSR count). The van der Waals surface area contributed by atoms with Gasteiger partial charge in [0, 0.05) is 44.4 Å². The molecule has 2 bridgehead atoms. The largest absolute Gasteiger partial charge is 0.436 e. The lowest BCUT2D eigenvalue weighted by atomic mass is 9.73. The first-order chi connectivity index (χ1) is 13.1. The van der Waals surface area contributed by atoms with E-state index in [2.05, 4.69) is 15.2 Å². The van der Waals surface area contributed by atoms with Crippen molar-refractivity contribution in [2.45, 2.75) is 76.5 Å². The zero-order valence-electron chi connectivity index (χ0n) is 16.5. The van der Waals surface area contributed by atoms with Crippen LogP contribution in [-0.2, 0) is 4.74 Å². The molecule has 1 aromatic rings. The minimum Gasteiger partial charge on any atom is -0.436 e. The third kappa shape index (κ3) is 2.92. The molecule has 6 nitrogen and oxygen atoms in total. The van der Waals surface area contributed by atoms with Gasteiger partial charge in [-0.15, -0.1) is 0 Å². The van der Waals surface area contributed by atoms with E-state index in [0.717, 1.165) is 25.6 Å². The van der Waals surface area contributed by atoms with Gasteiger partial charge in [-0.25, -0.2) is 4.98 Å². The van der Waals surface area contributed by atoms with Crippen LogP contribution in [0.4, 0.5) is 0 Å². The lowest BCUT2D eigenvalue weighted by molar-refractivity contribution is -0.00286. The molecule has 3 saturated heterocycles. The normalized spacial score (nSPS) is 36.3. The van der Waals surface area contributed by atoms with Gasteiger partial charge in [-0.05, 0) is 32.6 Å². The summed E-state index contributed by atoms with van der Waals surface area (Å²) in [6.07, 6.45) is 9.46. The van der Waals surface area contributed by atoms with Crippen LogP contribution in [0.25, 0.3) is 0 Å². The van der Waals surface area contributed by atoms with Crippen molar-refractivity contribution in [3.05, 3.63) is 17.3 Å². The fourth-order valence-corrected chi connectivity index (χ4v) is 6.26. The highest BCUT2D eigenvalue weighted by molar-refractivity contribution is 5.92. The Morgan fingerprint density at radius 1 is 1.26 bits per heavy atom. The van der Waals surface area contributed by atoms with Crippen molar-refractivity contribution >= 4 is 5.91 Å². The molecule has 4 aliphatic rings. The van der Waals surface area contributed by atoms with Crippen molar-refractivity contribution in [1.29, 1.82) is 0 Å². The average molecular weight is 373 g/mol. The summed E-state index contributed by atoms with van der Waals surface area (Å²) in [5.74, 6) is 1.71. The molecular formula is C21H31N3O3. The van der Waals surface area contributed by atoms with Crippen molar-refractivity contribution in [3.63, 3.8) is 0 Å². The van der Waals surface area contributed by atoms with Crippen LogP contribution in [0.3, 0.4) is 0 Å². The van der Waals surface area contributed by atoms with E-state index < -0.39 is 0 Å². The number of carbonyl (C=O) groups excluding carboxylic acids is 1. The molecule has 1 spiro atoms. The molecule has 27 heavy (non-hydrogen) atoms. The number of likely N-dealkylation sites (tertiary alicyclic amines) is 1. The highest BCUT2D eigenvalue weighted by atomic mass is 16.5. The number of ether oxygens (including phenoxy) is 1. The monoisotopic (exact) mass is 373 g/mol. The summed E-state index contributed by atoms with van der Waals surface area (Å²) >= 11 is 0. The van der Waals surface area contributed by atoms with Gasteiger partial charge in [-0.3, -0.25) is 9.69 Å². The molecular weight excluding hydrogens is 342 g/mol. The van der Waals surface area contributed by atoms with E-state index in [4.69, 9.17) is 9.15 Å². The summed E-state index contributed by atoms with van der Waals surface area (Å²) in [6, 6.07) is 0.747. The van der Waals surface area contributed by atoms with Crippen molar-refractivity contribution < 1.29 is 13.9 Å². The van der Waals surface area contributed by atoms with E-state index in [1.165, 1.54) is 38.5 Å². The molecule has 1 N–H and O–H groups in total. The number of carbonyl (C=O) groups is 1. The molecule has 0 aromatic carbocycles. The van der Waals surface area contributed by atoms with Crippen molar-refractivity contribution in [2.24, 2.45) is 11.8 Å². The maximum atomic E-state index is 12.5. The van der Waals surface area contributed by atoms with Gasteiger partial charge in [0.25, 0.3) is 5.91 Å². The lowest BCUT2D eigenvalue weighted by Gasteiger charge is -2.32. The number of amides is 1. The van der Waals surface area contributed by atoms with Gasteiger partial charge >= 0.3 is 0 Å². The first-order valence-corrected chi connectivity index (χ1v) is 10.7. The zero-order valence-corrected chi connectivity index (χ0v) is 16.5. The quantitative estimate of drug-likeness (QED) is 0.879. The summed E-state index contributed by atoms with van der Waals surface area (Å²) in [5, 5.41) is 3.11. The van der Waals surface area contributed by atoms with Crippen molar-refractivity contribution in [1.82, 2.24) is 15.2 Å². The van der Waals surface area contributed by atoms with Gasteiger partial charge in [0.2, 0.25) is 5.76 Å². The predicted octanol–water partition coefficient (Wildman–Crippen LogP) is 2.83. The molecule has 4 fully saturated rings. The molecule has 1 saturated carbocycles. The smallest absolute Gasteiger partial charge is 0.289 e. The number of rotatable bonds is 4. The Morgan fingerprint density at radius 2 is 2.07 bits per heavy atom. The molecule has 1 aromatic heterocycles. The van der Waals surface area contributed by atoms with Crippen LogP contribution in [0.5, 0.6) is 0 Å². The van der Waals surface area contributed by atoms with E-state index in [0.29, 0.717) is 41.8 Å². The molecule has 0 unspecified atom stereocenters. The Bertz CT molecular complexity index is 726. The summed E-state index contributed by atoms with van der Waals surface area (Å²) in [4.78, 5) is 19.5. The van der Waals surface area contributed by atoms with Crippen LogP contribution in [-0.4, -0.2) is 53.2 Å². The number of oxazole rings is 1. The molecule has 0 radical (unpaired) electrons. The molecule has 1 amide bonds. The maximum absolute atomic E-state index is 12.5. The Labute approximate surface area is 161 Å². The predicted molar refractivity (Wildman–Crippen MR) is 101 cm³/mol. The molecule has 3 aliphatic heterocycles. The molecule has 4 atom stereocenters. The number of aromatic nitrogens is 1. The Kier molecular flexibility index (Phi) is 4.32. The summed E-state index contributed by atoms with van der Waals surface area (Å²) < 4.78 is 12.0. The molecule has 148 valence electrons. The standard InChI is InChI=1S/C21H31N3O3/c1-13-19(26-14(2)23-13)20(25)22-10-16-17-11-24(15-6-4-3-5-7-15)12-21(17)9-8-18(16)27-21/h15-18H,3-12H2,1-2H3,(H,22,25)/t16-,17+,18+,21+/m0/s1. The zero-order chi connectivity index (χ0) is 18.6. The fraction of sp³-hybridized carbons (Fsp3) is 0.810. The van der Waals surface area contributed by atoms with E-state index in [9.17, 15) is 4.79 Å². The van der Waals surface area contributed by atoms with Crippen LogP contribution >= 0.6 is 0 Å². The highest BCUT2D eigenvalue weighted by Crippen LogP contribution is 2.55. The van der Waals surface area contributed by atoms with Gasteiger partial charge in [-0.2, -0.15) is 0 Å². The van der Waals surface area contributed by atoms with Crippen LogP contribution in [0.15, 0.2) is 4.42 Å². The first-order valence-electron chi connectivity index (χ1n) is 10.7. The third-order valence-electron chi connectivity index (χ3n) is 7.51. The van der Waals surface area contributed by atoms with E-state index >= 15 is 0 Å². The van der Waals surface area contributed by atoms with Crippen LogP contribution in [0.1, 0.15) is 67.1 Å². The van der Waals surface area contributed by atoms with Gasteiger partial charge in [0.1, 0.15) is 0 Å². The Morgan fingerprint density at radius 3 is 2.81 bits per heavy atom. The summed E-state index contributed by atoms with van der Waals surface area (Å²) in [5.41, 5.74) is 0.714. The van der Waals surface area contributed by atoms with Gasteiger partial charge in [0.05, 0.1) is 17.4 Å². The second-order valence-electron chi connectivity index (χ2n) is 9.11. The number of nitrogens with zero attached hydrogens (tertiary/aromatic N) is 2. The van der Waals surface area contributed by atoms with Gasteiger partial charge < -0.3 is 14.5 Å². The molecule has 1 aliphatic carbocycles. The second kappa shape index (κ2) is 6.59. The van der Waals surface area contributed by atoms with E-state index in [1.807, 2.05) is 6.92 Å². The number of hydrogen-bond acceptors (Lipinski definition) is 5. The SMILES string of the molecule is Cc1nc(C)c(C(=O)NC[C@H]2[C@H]3CN(C4CCCCC4)C[C@]34CC[C@H]2O4)o1. The molecule has 4 heterocycles.